The zero-order valence-electron chi connectivity index (χ0n) is 7.74. The average molecular weight is 188 g/mol. The van der Waals surface area contributed by atoms with Crippen molar-refractivity contribution in [1.82, 2.24) is 9.97 Å². The van der Waals surface area contributed by atoms with Gasteiger partial charge in [0.15, 0.2) is 0 Å². The van der Waals surface area contributed by atoms with Gasteiger partial charge in [0.05, 0.1) is 5.69 Å². The molecule has 0 unspecified atom stereocenters. The first-order chi connectivity index (χ1) is 6.75. The van der Waals surface area contributed by atoms with Crippen molar-refractivity contribution in [2.45, 2.75) is 6.92 Å². The molecule has 70 valence electrons. The third kappa shape index (κ3) is 1.76. The fourth-order valence-corrected chi connectivity index (χ4v) is 1.27. The highest BCUT2D eigenvalue weighted by molar-refractivity contribution is 5.58. The highest BCUT2D eigenvalue weighted by Gasteiger charge is 2.00. The molecule has 0 fully saturated rings. The van der Waals surface area contributed by atoms with Crippen LogP contribution < -0.4 is 0 Å². The highest BCUT2D eigenvalue weighted by atomic mass is 19.1. The number of aryl methyl sites for hydroxylation is 1. The van der Waals surface area contributed by atoms with E-state index in [1.807, 2.05) is 19.1 Å². The van der Waals surface area contributed by atoms with E-state index in [1.54, 1.807) is 18.3 Å². The minimum Gasteiger partial charge on any atom is -0.262 e. The molecule has 0 aliphatic rings. The van der Waals surface area contributed by atoms with Crippen molar-refractivity contribution in [3.8, 4) is 11.3 Å². The first-order valence-corrected chi connectivity index (χ1v) is 4.31. The van der Waals surface area contributed by atoms with Crippen LogP contribution in [0.1, 0.15) is 5.69 Å². The second-order valence-electron chi connectivity index (χ2n) is 3.03. The monoisotopic (exact) mass is 188 g/mol. The van der Waals surface area contributed by atoms with Crippen LogP contribution in [-0.2, 0) is 0 Å². The van der Waals surface area contributed by atoms with Crippen LogP contribution in [0.3, 0.4) is 0 Å². The van der Waals surface area contributed by atoms with Gasteiger partial charge in [-0.3, -0.25) is 4.98 Å². The van der Waals surface area contributed by atoms with Gasteiger partial charge in [0.25, 0.3) is 0 Å². The van der Waals surface area contributed by atoms with Crippen LogP contribution >= 0.6 is 0 Å². The third-order valence-electron chi connectivity index (χ3n) is 1.91. The first kappa shape index (κ1) is 8.81. The molecule has 0 saturated carbocycles. The predicted molar refractivity (Wildman–Crippen MR) is 52.2 cm³/mol. The van der Waals surface area contributed by atoms with Gasteiger partial charge in [-0.05, 0) is 31.2 Å². The number of hydrogen-bond donors (Lipinski definition) is 0. The van der Waals surface area contributed by atoms with E-state index in [1.165, 1.54) is 6.07 Å². The Bertz CT molecular complexity index is 411. The van der Waals surface area contributed by atoms with Crippen LogP contribution in [0.15, 0.2) is 36.5 Å². The van der Waals surface area contributed by atoms with E-state index in [2.05, 4.69) is 9.97 Å². The zero-order valence-corrected chi connectivity index (χ0v) is 7.74. The van der Waals surface area contributed by atoms with E-state index in [9.17, 15) is 4.39 Å². The fraction of sp³-hybridized carbons (Fsp3) is 0.0909. The number of rotatable bonds is 1. The van der Waals surface area contributed by atoms with Crippen molar-refractivity contribution in [3.05, 3.63) is 48.2 Å². The predicted octanol–water partition coefficient (Wildman–Crippen LogP) is 2.59. The molecule has 0 amide bonds. The molecule has 2 aromatic heterocycles. The number of aromatic nitrogens is 2. The Morgan fingerprint density at radius 1 is 1.21 bits per heavy atom. The Hall–Kier alpha value is -1.77. The molecule has 0 atom stereocenters. The van der Waals surface area contributed by atoms with Gasteiger partial charge in [-0.2, -0.15) is 4.39 Å². The lowest BCUT2D eigenvalue weighted by molar-refractivity contribution is 0.585. The third-order valence-corrected chi connectivity index (χ3v) is 1.91. The standard InChI is InChI=1S/C11H9FN2/c1-8-7-9(5-6-13-8)10-3-2-4-11(12)14-10/h2-7H,1H3. The quantitative estimate of drug-likeness (QED) is 0.643. The molecule has 2 heterocycles. The van der Waals surface area contributed by atoms with Crippen LogP contribution in [0.2, 0.25) is 0 Å². The Morgan fingerprint density at radius 2 is 2.07 bits per heavy atom. The van der Waals surface area contributed by atoms with Crippen molar-refractivity contribution in [3.63, 3.8) is 0 Å². The molecule has 0 saturated heterocycles. The van der Waals surface area contributed by atoms with Crippen LogP contribution in [0.25, 0.3) is 11.3 Å². The summed E-state index contributed by atoms with van der Waals surface area (Å²) >= 11 is 0. The summed E-state index contributed by atoms with van der Waals surface area (Å²) in [6.45, 7) is 1.89. The summed E-state index contributed by atoms with van der Waals surface area (Å²) in [5.41, 5.74) is 2.42. The molecule has 0 aliphatic heterocycles. The Labute approximate surface area is 81.5 Å². The maximum atomic E-state index is 12.8. The average Bonchev–Trinajstić information content (AvgIpc) is 2.18. The van der Waals surface area contributed by atoms with Gasteiger partial charge in [0, 0.05) is 17.5 Å². The van der Waals surface area contributed by atoms with Crippen molar-refractivity contribution in [1.29, 1.82) is 0 Å². The Kier molecular flexibility index (Phi) is 2.23. The summed E-state index contributed by atoms with van der Waals surface area (Å²) in [5, 5.41) is 0. The molecule has 14 heavy (non-hydrogen) atoms. The van der Waals surface area contributed by atoms with Gasteiger partial charge >= 0.3 is 0 Å². The molecular weight excluding hydrogens is 179 g/mol. The molecule has 0 aromatic carbocycles. The molecule has 0 N–H and O–H groups in total. The molecule has 2 rings (SSSR count). The van der Waals surface area contributed by atoms with Gasteiger partial charge in [0.1, 0.15) is 0 Å². The lowest BCUT2D eigenvalue weighted by Gasteiger charge is -2.00. The fourth-order valence-electron chi connectivity index (χ4n) is 1.27. The van der Waals surface area contributed by atoms with Crippen molar-refractivity contribution in [2.75, 3.05) is 0 Å². The molecule has 3 heteroatoms. The summed E-state index contributed by atoms with van der Waals surface area (Å²) in [5.74, 6) is -0.461. The number of halogens is 1. The van der Waals surface area contributed by atoms with Gasteiger partial charge in [-0.25, -0.2) is 4.98 Å². The normalized spacial score (nSPS) is 10.1. The van der Waals surface area contributed by atoms with Crippen LogP contribution in [0.5, 0.6) is 0 Å². The molecule has 0 spiro atoms. The number of hydrogen-bond acceptors (Lipinski definition) is 2. The van der Waals surface area contributed by atoms with E-state index >= 15 is 0 Å². The van der Waals surface area contributed by atoms with E-state index < -0.39 is 5.95 Å². The van der Waals surface area contributed by atoms with Gasteiger partial charge in [-0.1, -0.05) is 6.07 Å². The lowest BCUT2D eigenvalue weighted by Crippen LogP contribution is -1.88. The van der Waals surface area contributed by atoms with Gasteiger partial charge < -0.3 is 0 Å². The summed E-state index contributed by atoms with van der Waals surface area (Å²) in [6, 6.07) is 8.44. The number of nitrogens with zero attached hydrogens (tertiary/aromatic N) is 2. The first-order valence-electron chi connectivity index (χ1n) is 4.31. The molecule has 0 radical (unpaired) electrons. The largest absolute Gasteiger partial charge is 0.262 e. The summed E-state index contributed by atoms with van der Waals surface area (Å²) in [7, 11) is 0. The molecule has 0 aliphatic carbocycles. The maximum absolute atomic E-state index is 12.8. The van der Waals surface area contributed by atoms with E-state index in [-0.39, 0.29) is 0 Å². The van der Waals surface area contributed by atoms with Crippen molar-refractivity contribution < 1.29 is 4.39 Å². The van der Waals surface area contributed by atoms with Crippen LogP contribution in [-0.4, -0.2) is 9.97 Å². The van der Waals surface area contributed by atoms with E-state index in [0.29, 0.717) is 5.69 Å². The van der Waals surface area contributed by atoms with Gasteiger partial charge in [0.2, 0.25) is 5.95 Å². The molecule has 2 nitrogen and oxygen atoms in total. The van der Waals surface area contributed by atoms with E-state index in [4.69, 9.17) is 0 Å². The second-order valence-corrected chi connectivity index (χ2v) is 3.03. The molecule has 0 bridgehead atoms. The molecular formula is C11H9FN2. The second kappa shape index (κ2) is 3.54. The minimum absolute atomic E-state index is 0.461. The van der Waals surface area contributed by atoms with E-state index in [0.717, 1.165) is 11.3 Å². The zero-order chi connectivity index (χ0) is 9.97. The molecule has 2 aromatic rings. The Morgan fingerprint density at radius 3 is 2.79 bits per heavy atom. The lowest BCUT2D eigenvalue weighted by atomic mass is 10.1. The highest BCUT2D eigenvalue weighted by Crippen LogP contribution is 2.16. The minimum atomic E-state index is -0.461. The van der Waals surface area contributed by atoms with Gasteiger partial charge in [-0.15, -0.1) is 0 Å². The van der Waals surface area contributed by atoms with Crippen molar-refractivity contribution in [2.24, 2.45) is 0 Å². The summed E-state index contributed by atoms with van der Waals surface area (Å²) in [6.07, 6.45) is 1.69. The summed E-state index contributed by atoms with van der Waals surface area (Å²) in [4.78, 5) is 7.86. The maximum Gasteiger partial charge on any atom is 0.213 e. The van der Waals surface area contributed by atoms with Crippen LogP contribution in [0, 0.1) is 12.9 Å². The smallest absolute Gasteiger partial charge is 0.213 e. The van der Waals surface area contributed by atoms with Crippen molar-refractivity contribution >= 4 is 0 Å². The topological polar surface area (TPSA) is 25.8 Å². The summed E-state index contributed by atoms with van der Waals surface area (Å²) < 4.78 is 12.8. The SMILES string of the molecule is Cc1cc(-c2cccc(F)n2)ccn1. The Balaban J connectivity index is 2.49. The van der Waals surface area contributed by atoms with Crippen LogP contribution in [0.4, 0.5) is 4.39 Å². The number of pyridine rings is 2.